The second-order valence-corrected chi connectivity index (χ2v) is 5.41. The Morgan fingerprint density at radius 3 is 2.59 bits per heavy atom. The van der Waals surface area contributed by atoms with Crippen LogP contribution in [0.5, 0.6) is 0 Å². The number of aliphatic imine (C=N–C) groups is 1. The van der Waals surface area contributed by atoms with Crippen molar-refractivity contribution in [2.45, 2.75) is 6.54 Å². The maximum absolute atomic E-state index is 5.97. The Labute approximate surface area is 138 Å². The number of nitrogens with zero attached hydrogens (tertiary/aromatic N) is 2. The van der Waals surface area contributed by atoms with Crippen LogP contribution in [0.15, 0.2) is 53.0 Å². The van der Waals surface area contributed by atoms with Crippen molar-refractivity contribution in [1.29, 1.82) is 0 Å². The summed E-state index contributed by atoms with van der Waals surface area (Å²) < 4.78 is 0. The van der Waals surface area contributed by atoms with Crippen molar-refractivity contribution in [3.05, 3.63) is 58.7 Å². The Bertz CT molecular complexity index is 747. The van der Waals surface area contributed by atoms with Crippen molar-refractivity contribution < 1.29 is 0 Å². The van der Waals surface area contributed by atoms with E-state index in [9.17, 15) is 0 Å². The number of aromatic amines is 1. The molecular formula is C15H16ClN5S. The summed E-state index contributed by atoms with van der Waals surface area (Å²) in [4.78, 5) is 12.8. The topological polar surface area (TPSA) is 93.1 Å². The highest BCUT2D eigenvalue weighted by atomic mass is 35.5. The van der Waals surface area contributed by atoms with Gasteiger partial charge in [0.2, 0.25) is 0 Å². The van der Waals surface area contributed by atoms with Crippen LogP contribution < -0.4 is 11.5 Å². The number of imidazole rings is 1. The summed E-state index contributed by atoms with van der Waals surface area (Å²) >= 11 is 1.57. The summed E-state index contributed by atoms with van der Waals surface area (Å²) in [5.74, 6) is 1.30. The van der Waals surface area contributed by atoms with Crippen LogP contribution in [0.25, 0.3) is 11.3 Å². The van der Waals surface area contributed by atoms with Gasteiger partial charge in [-0.2, -0.15) is 0 Å². The number of nitrogens with two attached hydrogens (primary N) is 2. The van der Waals surface area contributed by atoms with Crippen LogP contribution in [-0.2, 0) is 6.54 Å². The number of benzene rings is 1. The number of H-pyrrole nitrogens is 1. The quantitative estimate of drug-likeness (QED) is 0.506. The molecule has 0 amide bonds. The van der Waals surface area contributed by atoms with E-state index in [2.05, 4.69) is 15.0 Å². The van der Waals surface area contributed by atoms with Crippen LogP contribution in [0.1, 0.15) is 10.7 Å². The highest BCUT2D eigenvalue weighted by molar-refractivity contribution is 7.12. The Hall–Kier alpha value is -2.15. The molecule has 0 aliphatic rings. The zero-order valence-corrected chi connectivity index (χ0v) is 13.3. The van der Waals surface area contributed by atoms with E-state index >= 15 is 0 Å². The van der Waals surface area contributed by atoms with Gasteiger partial charge in [0.25, 0.3) is 0 Å². The Kier molecular flexibility index (Phi) is 5.32. The Balaban J connectivity index is 0.00000176. The molecule has 0 bridgehead atoms. The van der Waals surface area contributed by atoms with Crippen LogP contribution in [-0.4, -0.2) is 15.8 Å². The van der Waals surface area contributed by atoms with E-state index in [-0.39, 0.29) is 12.4 Å². The number of hydrogen-bond donors (Lipinski definition) is 3. The number of aromatic nitrogens is 2. The molecule has 3 rings (SSSR count). The standard InChI is InChI=1S/C15H15N5S.ClH/c16-8-14-18-9-12(20-14)10-3-5-11(6-4-10)19-15(17)13-2-1-7-21-13;/h1-7,9H,8,16H2,(H2,17,19)(H,18,20);1H. The number of halogens is 1. The molecule has 0 saturated carbocycles. The van der Waals surface area contributed by atoms with E-state index in [0.29, 0.717) is 12.4 Å². The van der Waals surface area contributed by atoms with Gasteiger partial charge in [-0.05, 0) is 23.6 Å². The highest BCUT2D eigenvalue weighted by Gasteiger charge is 2.04. The molecule has 2 aromatic heterocycles. The van der Waals surface area contributed by atoms with Gasteiger partial charge in [0, 0.05) is 11.8 Å². The SMILES string of the molecule is Cl.NCc1nc(-c2ccc(/N=C(\N)c3cccs3)cc2)c[nH]1. The van der Waals surface area contributed by atoms with Crippen LogP contribution in [0.2, 0.25) is 0 Å². The van der Waals surface area contributed by atoms with Crippen molar-refractivity contribution in [3.63, 3.8) is 0 Å². The summed E-state index contributed by atoms with van der Waals surface area (Å²) in [7, 11) is 0. The van der Waals surface area contributed by atoms with Gasteiger partial charge in [0.15, 0.2) is 0 Å². The third-order valence-electron chi connectivity index (χ3n) is 3.01. The monoisotopic (exact) mass is 333 g/mol. The molecule has 0 aliphatic carbocycles. The summed E-state index contributed by atoms with van der Waals surface area (Å²) in [6.07, 6.45) is 1.85. The highest BCUT2D eigenvalue weighted by Crippen LogP contribution is 2.22. The van der Waals surface area contributed by atoms with Crippen molar-refractivity contribution >= 4 is 35.3 Å². The lowest BCUT2D eigenvalue weighted by molar-refractivity contribution is 0.950. The maximum Gasteiger partial charge on any atom is 0.141 e. The Morgan fingerprint density at radius 2 is 2.00 bits per heavy atom. The van der Waals surface area contributed by atoms with Crippen LogP contribution in [0.3, 0.4) is 0 Å². The van der Waals surface area contributed by atoms with Crippen LogP contribution >= 0.6 is 23.7 Å². The first-order valence-electron chi connectivity index (χ1n) is 6.49. The van der Waals surface area contributed by atoms with E-state index in [4.69, 9.17) is 11.5 Å². The second-order valence-electron chi connectivity index (χ2n) is 4.46. The molecule has 3 aromatic rings. The molecule has 22 heavy (non-hydrogen) atoms. The molecule has 0 spiro atoms. The van der Waals surface area contributed by atoms with Gasteiger partial charge in [0.1, 0.15) is 11.7 Å². The first-order valence-corrected chi connectivity index (χ1v) is 7.37. The molecule has 5 N–H and O–H groups in total. The summed E-state index contributed by atoms with van der Waals surface area (Å²) in [6.45, 7) is 0.403. The molecule has 114 valence electrons. The van der Waals surface area contributed by atoms with Gasteiger partial charge in [-0.1, -0.05) is 18.2 Å². The van der Waals surface area contributed by atoms with Gasteiger partial charge in [-0.3, -0.25) is 0 Å². The number of nitrogens with one attached hydrogen (secondary N) is 1. The number of rotatable bonds is 4. The minimum absolute atomic E-state index is 0. The van der Waals surface area contributed by atoms with Gasteiger partial charge in [0.05, 0.1) is 22.8 Å². The van der Waals surface area contributed by atoms with E-state index in [1.54, 1.807) is 11.3 Å². The van der Waals surface area contributed by atoms with Crippen LogP contribution in [0, 0.1) is 0 Å². The van der Waals surface area contributed by atoms with Gasteiger partial charge in [-0.25, -0.2) is 9.98 Å². The van der Waals surface area contributed by atoms with Gasteiger partial charge in [-0.15, -0.1) is 23.7 Å². The first-order chi connectivity index (χ1) is 10.3. The van der Waals surface area contributed by atoms with Gasteiger partial charge >= 0.3 is 0 Å². The van der Waals surface area contributed by atoms with Crippen molar-refractivity contribution in [1.82, 2.24) is 9.97 Å². The number of amidine groups is 1. The molecule has 1 aromatic carbocycles. The van der Waals surface area contributed by atoms with Crippen LogP contribution in [0.4, 0.5) is 5.69 Å². The normalized spacial score (nSPS) is 11.2. The van der Waals surface area contributed by atoms with E-state index < -0.39 is 0 Å². The molecule has 0 saturated heterocycles. The smallest absolute Gasteiger partial charge is 0.141 e. The van der Waals surface area contributed by atoms with Crippen molar-refractivity contribution in [2.75, 3.05) is 0 Å². The fourth-order valence-corrected chi connectivity index (χ4v) is 2.57. The lowest BCUT2D eigenvalue weighted by Crippen LogP contribution is -2.10. The van der Waals surface area contributed by atoms with Crippen molar-refractivity contribution in [3.8, 4) is 11.3 Å². The Morgan fingerprint density at radius 1 is 1.23 bits per heavy atom. The zero-order valence-electron chi connectivity index (χ0n) is 11.7. The average Bonchev–Trinajstić information content (AvgIpc) is 3.19. The minimum Gasteiger partial charge on any atom is -0.383 e. The lowest BCUT2D eigenvalue weighted by atomic mass is 10.1. The molecule has 5 nitrogen and oxygen atoms in total. The third-order valence-corrected chi connectivity index (χ3v) is 3.90. The molecule has 2 heterocycles. The molecule has 0 unspecified atom stereocenters. The summed E-state index contributed by atoms with van der Waals surface area (Å²) in [5.41, 5.74) is 14.2. The minimum atomic E-state index is 0. The lowest BCUT2D eigenvalue weighted by Gasteiger charge is -2.00. The number of hydrogen-bond acceptors (Lipinski definition) is 4. The molecular weight excluding hydrogens is 318 g/mol. The zero-order chi connectivity index (χ0) is 14.7. The second kappa shape index (κ2) is 7.22. The molecule has 7 heteroatoms. The summed E-state index contributed by atoms with van der Waals surface area (Å²) in [5, 5.41) is 1.98. The number of thiophene rings is 1. The first kappa shape index (κ1) is 16.2. The fourth-order valence-electron chi connectivity index (χ4n) is 1.94. The average molecular weight is 334 g/mol. The molecule has 0 fully saturated rings. The van der Waals surface area contributed by atoms with E-state index in [0.717, 1.165) is 27.6 Å². The maximum atomic E-state index is 5.97. The molecule has 0 radical (unpaired) electrons. The predicted octanol–water partition coefficient (Wildman–Crippen LogP) is 3.06. The third kappa shape index (κ3) is 3.54. The summed E-state index contributed by atoms with van der Waals surface area (Å²) in [6, 6.07) is 11.7. The molecule has 0 atom stereocenters. The van der Waals surface area contributed by atoms with Crippen molar-refractivity contribution in [2.24, 2.45) is 16.5 Å². The van der Waals surface area contributed by atoms with Gasteiger partial charge < -0.3 is 16.5 Å². The largest absolute Gasteiger partial charge is 0.383 e. The predicted molar refractivity (Wildman–Crippen MR) is 93.9 cm³/mol. The van der Waals surface area contributed by atoms with E-state index in [1.807, 2.05) is 48.0 Å². The molecule has 0 aliphatic heterocycles. The fraction of sp³-hybridized carbons (Fsp3) is 0.0667. The van der Waals surface area contributed by atoms with E-state index in [1.165, 1.54) is 0 Å².